The molecule has 0 aromatic carbocycles. The molecular formula is C15H29N3O. The van der Waals surface area contributed by atoms with Crippen LogP contribution in [0.5, 0.6) is 0 Å². The molecule has 2 rings (SSSR count). The van der Waals surface area contributed by atoms with Gasteiger partial charge in [-0.25, -0.2) is 0 Å². The van der Waals surface area contributed by atoms with Crippen LogP contribution in [0.1, 0.15) is 46.0 Å². The van der Waals surface area contributed by atoms with Crippen molar-refractivity contribution in [1.82, 2.24) is 10.2 Å². The summed E-state index contributed by atoms with van der Waals surface area (Å²) in [6.45, 7) is 6.90. The van der Waals surface area contributed by atoms with E-state index in [1.807, 2.05) is 0 Å². The van der Waals surface area contributed by atoms with Crippen LogP contribution < -0.4 is 11.1 Å². The number of likely N-dealkylation sites (tertiary alicyclic amines) is 1. The number of nitrogens with zero attached hydrogens (tertiary/aromatic N) is 1. The fraction of sp³-hybridized carbons (Fsp3) is 0.933. The van der Waals surface area contributed by atoms with Crippen LogP contribution in [-0.2, 0) is 4.79 Å². The highest BCUT2D eigenvalue weighted by molar-refractivity contribution is 5.78. The van der Waals surface area contributed by atoms with E-state index in [4.69, 9.17) is 5.73 Å². The van der Waals surface area contributed by atoms with E-state index in [9.17, 15) is 4.79 Å². The maximum Gasteiger partial charge on any atom is 0.234 e. The zero-order chi connectivity index (χ0) is 13.8. The highest BCUT2D eigenvalue weighted by atomic mass is 16.2. The molecule has 19 heavy (non-hydrogen) atoms. The molecule has 2 aliphatic rings. The smallest absolute Gasteiger partial charge is 0.234 e. The van der Waals surface area contributed by atoms with Crippen LogP contribution in [0.3, 0.4) is 0 Å². The minimum absolute atomic E-state index is 0.181. The maximum atomic E-state index is 12.1. The molecule has 0 bridgehead atoms. The van der Waals surface area contributed by atoms with Gasteiger partial charge in [-0.05, 0) is 43.9 Å². The molecule has 1 saturated heterocycles. The minimum Gasteiger partial charge on any atom is -0.352 e. The van der Waals surface area contributed by atoms with Gasteiger partial charge in [0.1, 0.15) is 0 Å². The summed E-state index contributed by atoms with van der Waals surface area (Å²) in [5.74, 6) is 1.61. The van der Waals surface area contributed by atoms with Gasteiger partial charge in [-0.15, -0.1) is 0 Å². The molecule has 0 aromatic heterocycles. The fourth-order valence-corrected chi connectivity index (χ4v) is 3.52. The minimum atomic E-state index is 0.181. The van der Waals surface area contributed by atoms with E-state index in [1.165, 1.54) is 12.8 Å². The van der Waals surface area contributed by atoms with Crippen LogP contribution >= 0.6 is 0 Å². The lowest BCUT2D eigenvalue weighted by Crippen LogP contribution is -2.50. The number of hydrogen-bond acceptors (Lipinski definition) is 3. The Morgan fingerprint density at radius 2 is 1.84 bits per heavy atom. The third kappa shape index (κ3) is 4.77. The Bertz CT molecular complexity index is 290. The van der Waals surface area contributed by atoms with E-state index in [2.05, 4.69) is 24.1 Å². The maximum absolute atomic E-state index is 12.1. The van der Waals surface area contributed by atoms with Gasteiger partial charge in [-0.2, -0.15) is 0 Å². The van der Waals surface area contributed by atoms with Crippen molar-refractivity contribution in [3.05, 3.63) is 0 Å². The lowest BCUT2D eigenvalue weighted by molar-refractivity contribution is -0.123. The van der Waals surface area contributed by atoms with Crippen LogP contribution in [0.15, 0.2) is 0 Å². The number of nitrogens with two attached hydrogens (primary N) is 1. The summed E-state index contributed by atoms with van der Waals surface area (Å²) in [5, 5.41) is 3.19. The highest BCUT2D eigenvalue weighted by Crippen LogP contribution is 2.23. The van der Waals surface area contributed by atoms with Gasteiger partial charge in [0.15, 0.2) is 0 Å². The molecule has 3 N–H and O–H groups in total. The van der Waals surface area contributed by atoms with Gasteiger partial charge >= 0.3 is 0 Å². The molecule has 1 amide bonds. The first-order valence-electron chi connectivity index (χ1n) is 7.80. The van der Waals surface area contributed by atoms with E-state index in [0.717, 1.165) is 38.3 Å². The molecule has 1 saturated carbocycles. The summed E-state index contributed by atoms with van der Waals surface area (Å²) >= 11 is 0. The van der Waals surface area contributed by atoms with Gasteiger partial charge in [0.2, 0.25) is 5.91 Å². The van der Waals surface area contributed by atoms with Crippen molar-refractivity contribution >= 4 is 5.91 Å². The van der Waals surface area contributed by atoms with Crippen LogP contribution in [-0.4, -0.2) is 42.5 Å². The van der Waals surface area contributed by atoms with Crippen molar-refractivity contribution in [1.29, 1.82) is 0 Å². The molecule has 1 heterocycles. The van der Waals surface area contributed by atoms with Gasteiger partial charge in [-0.1, -0.05) is 13.8 Å². The second-order valence-electron chi connectivity index (χ2n) is 6.82. The quantitative estimate of drug-likeness (QED) is 0.811. The summed E-state index contributed by atoms with van der Waals surface area (Å²) in [6.07, 6.45) is 5.86. The Morgan fingerprint density at radius 1 is 1.16 bits per heavy atom. The number of piperidine rings is 1. The predicted molar refractivity (Wildman–Crippen MR) is 77.8 cm³/mol. The Kier molecular flexibility index (Phi) is 5.22. The molecule has 0 radical (unpaired) electrons. The molecule has 0 spiro atoms. The zero-order valence-electron chi connectivity index (χ0n) is 12.4. The van der Waals surface area contributed by atoms with Crippen LogP contribution in [0.25, 0.3) is 0 Å². The molecule has 4 nitrogen and oxygen atoms in total. The Morgan fingerprint density at radius 3 is 2.47 bits per heavy atom. The van der Waals surface area contributed by atoms with Crippen molar-refractivity contribution in [3.8, 4) is 0 Å². The van der Waals surface area contributed by atoms with E-state index in [1.54, 1.807) is 0 Å². The third-order valence-corrected chi connectivity index (χ3v) is 4.52. The van der Waals surface area contributed by atoms with Crippen LogP contribution in [0.4, 0.5) is 0 Å². The van der Waals surface area contributed by atoms with Gasteiger partial charge < -0.3 is 11.1 Å². The zero-order valence-corrected chi connectivity index (χ0v) is 12.4. The normalized spacial score (nSPS) is 37.0. The lowest BCUT2D eigenvalue weighted by Gasteiger charge is -2.35. The molecule has 1 aliphatic carbocycles. The SMILES string of the molecule is CC1CCC(NC(=O)CN2CC(C)CC(N)C2)CC1. The summed E-state index contributed by atoms with van der Waals surface area (Å²) in [5.41, 5.74) is 6.02. The molecule has 2 fully saturated rings. The fourth-order valence-electron chi connectivity index (χ4n) is 3.52. The number of amides is 1. The first kappa shape index (κ1) is 14.8. The number of hydrogen-bond donors (Lipinski definition) is 2. The summed E-state index contributed by atoms with van der Waals surface area (Å²) in [6, 6.07) is 0.631. The summed E-state index contributed by atoms with van der Waals surface area (Å²) in [7, 11) is 0. The highest BCUT2D eigenvalue weighted by Gasteiger charge is 2.25. The van der Waals surface area contributed by atoms with Gasteiger partial charge in [0.05, 0.1) is 6.54 Å². The number of nitrogens with one attached hydrogen (secondary N) is 1. The predicted octanol–water partition coefficient (Wildman–Crippen LogP) is 1.35. The van der Waals surface area contributed by atoms with Crippen molar-refractivity contribution in [3.63, 3.8) is 0 Å². The number of carbonyl (C=O) groups excluding carboxylic acids is 1. The molecule has 4 heteroatoms. The van der Waals surface area contributed by atoms with E-state index in [-0.39, 0.29) is 11.9 Å². The van der Waals surface area contributed by atoms with Gasteiger partial charge in [0, 0.05) is 25.2 Å². The Labute approximate surface area is 117 Å². The van der Waals surface area contributed by atoms with Crippen molar-refractivity contribution in [2.75, 3.05) is 19.6 Å². The summed E-state index contributed by atoms with van der Waals surface area (Å²) < 4.78 is 0. The average molecular weight is 267 g/mol. The Balaban J connectivity index is 1.72. The molecule has 2 unspecified atom stereocenters. The van der Waals surface area contributed by atoms with E-state index >= 15 is 0 Å². The van der Waals surface area contributed by atoms with Crippen molar-refractivity contribution < 1.29 is 4.79 Å². The molecular weight excluding hydrogens is 238 g/mol. The molecule has 2 atom stereocenters. The standard InChI is InChI=1S/C15H29N3O/c1-11-3-5-14(6-4-11)17-15(19)10-18-8-12(2)7-13(16)9-18/h11-14H,3-10,16H2,1-2H3,(H,17,19). The monoisotopic (exact) mass is 267 g/mol. The largest absolute Gasteiger partial charge is 0.352 e. The first-order chi connectivity index (χ1) is 9.02. The van der Waals surface area contributed by atoms with Gasteiger partial charge in [0.25, 0.3) is 0 Å². The second-order valence-corrected chi connectivity index (χ2v) is 6.82. The topological polar surface area (TPSA) is 58.4 Å². The van der Waals surface area contributed by atoms with E-state index < -0.39 is 0 Å². The van der Waals surface area contributed by atoms with Gasteiger partial charge in [-0.3, -0.25) is 9.69 Å². The van der Waals surface area contributed by atoms with Crippen LogP contribution in [0.2, 0.25) is 0 Å². The number of carbonyl (C=O) groups is 1. The molecule has 0 aromatic rings. The van der Waals surface area contributed by atoms with Crippen molar-refractivity contribution in [2.24, 2.45) is 17.6 Å². The third-order valence-electron chi connectivity index (χ3n) is 4.52. The molecule has 110 valence electrons. The second kappa shape index (κ2) is 6.71. The lowest BCUT2D eigenvalue weighted by atomic mass is 9.87. The average Bonchev–Trinajstić information content (AvgIpc) is 2.30. The molecule has 1 aliphatic heterocycles. The number of rotatable bonds is 3. The van der Waals surface area contributed by atoms with Crippen LogP contribution in [0, 0.1) is 11.8 Å². The summed E-state index contributed by atoms with van der Waals surface area (Å²) in [4.78, 5) is 14.3. The van der Waals surface area contributed by atoms with E-state index in [0.29, 0.717) is 18.5 Å². The van der Waals surface area contributed by atoms with Crippen molar-refractivity contribution in [2.45, 2.75) is 58.0 Å². The first-order valence-corrected chi connectivity index (χ1v) is 7.80. The Hall–Kier alpha value is -0.610.